The average Bonchev–Trinajstić information content (AvgIpc) is 4.18. The lowest BCUT2D eigenvalue weighted by atomic mass is 9.85. The number of methoxy groups -OCH3 is 1. The number of carbonyl (C=O) groups excluding carboxylic acids is 2. The van der Waals surface area contributed by atoms with Gasteiger partial charge in [-0.2, -0.15) is 0 Å². The Hall–Kier alpha value is -5.92. The Kier molecular flexibility index (Phi) is 20.0. The van der Waals surface area contributed by atoms with Crippen LogP contribution in [0.5, 0.6) is 17.2 Å². The number of hydrogen-bond acceptors (Lipinski definition) is 9. The van der Waals surface area contributed by atoms with E-state index in [-0.39, 0.29) is 36.7 Å². The van der Waals surface area contributed by atoms with E-state index in [0.717, 1.165) is 62.7 Å². The Bertz CT molecular complexity index is 2260. The second-order valence-corrected chi connectivity index (χ2v) is 17.8. The zero-order valence-corrected chi connectivity index (χ0v) is 40.4. The molecule has 2 atom stereocenters. The molecule has 368 valence electrons. The molecule has 1 heterocycles. The molecule has 0 aromatic heterocycles. The molecule has 2 aliphatic rings. The van der Waals surface area contributed by atoms with E-state index in [1.807, 2.05) is 107 Å². The highest BCUT2D eigenvalue weighted by Crippen LogP contribution is 2.36. The lowest BCUT2D eigenvalue weighted by Gasteiger charge is -2.36. The van der Waals surface area contributed by atoms with Crippen LogP contribution in [0.1, 0.15) is 145 Å². The van der Waals surface area contributed by atoms with Gasteiger partial charge in [-0.1, -0.05) is 48.5 Å². The molecule has 1 saturated heterocycles. The summed E-state index contributed by atoms with van der Waals surface area (Å²) in [4.78, 5) is 51.3. The van der Waals surface area contributed by atoms with Crippen molar-refractivity contribution >= 4 is 23.8 Å². The number of aliphatic carboxylic acids is 2. The summed E-state index contributed by atoms with van der Waals surface area (Å²) in [5, 5.41) is 17.5. The van der Waals surface area contributed by atoms with Crippen molar-refractivity contribution in [3.8, 4) is 17.2 Å². The van der Waals surface area contributed by atoms with Crippen molar-refractivity contribution in [1.29, 1.82) is 0 Å². The fraction of sp³-hybridized carbons (Fsp3) is 0.491. The number of unbranched alkanes of at least 4 members (excludes halogenated alkanes) is 4. The number of carboxylic acids is 2. The van der Waals surface area contributed by atoms with Gasteiger partial charge >= 0.3 is 11.9 Å². The van der Waals surface area contributed by atoms with Gasteiger partial charge in [0.25, 0.3) is 11.8 Å². The average molecular weight is 939 g/mol. The predicted octanol–water partition coefficient (Wildman–Crippen LogP) is 10.7. The van der Waals surface area contributed by atoms with Crippen LogP contribution in [0.25, 0.3) is 0 Å². The first-order valence-corrected chi connectivity index (χ1v) is 24.0. The fourth-order valence-electron chi connectivity index (χ4n) is 7.68. The lowest BCUT2D eigenvalue weighted by Crippen LogP contribution is -2.37. The highest BCUT2D eigenvalue weighted by molar-refractivity contribution is 5.95. The van der Waals surface area contributed by atoms with Crippen molar-refractivity contribution in [3.05, 3.63) is 125 Å². The molecule has 2 fully saturated rings. The molecule has 2 amide bonds. The first-order valence-electron chi connectivity index (χ1n) is 25.2. The quantitative estimate of drug-likeness (QED) is 0.0577. The van der Waals surface area contributed by atoms with Crippen LogP contribution in [0, 0.1) is 0 Å². The minimum atomic E-state index is -0.948. The minimum absolute atomic E-state index is 0.151. The van der Waals surface area contributed by atoms with Crippen LogP contribution in [0.2, 0.25) is 0 Å². The summed E-state index contributed by atoms with van der Waals surface area (Å²) < 4.78 is 46.9. The van der Waals surface area contributed by atoms with Crippen LogP contribution in [-0.2, 0) is 37.7 Å². The number of para-hydroxylation sites is 2. The van der Waals surface area contributed by atoms with Crippen LogP contribution in [-0.4, -0.2) is 95.5 Å². The molecule has 0 spiro atoms. The van der Waals surface area contributed by atoms with Crippen LogP contribution >= 0.6 is 0 Å². The smallest absolute Gasteiger partial charge is 0.303 e. The molecular weight excluding hydrogens is 865 g/mol. The Morgan fingerprint density at radius 1 is 0.647 bits per heavy atom. The Balaban J connectivity index is 0.000000262. The van der Waals surface area contributed by atoms with E-state index in [0.29, 0.717) is 79.1 Å². The maximum Gasteiger partial charge on any atom is 0.303 e. The second kappa shape index (κ2) is 27.2. The summed E-state index contributed by atoms with van der Waals surface area (Å²) in [6.45, 7) is 7.86. The van der Waals surface area contributed by atoms with E-state index in [9.17, 15) is 19.2 Å². The summed E-state index contributed by atoms with van der Waals surface area (Å²) in [5.41, 5.74) is 2.90. The predicted molar refractivity (Wildman–Crippen MR) is 261 cm³/mol. The van der Waals surface area contributed by atoms with Crippen molar-refractivity contribution in [2.75, 3.05) is 33.5 Å². The van der Waals surface area contributed by atoms with Gasteiger partial charge in [-0.15, -0.1) is 0 Å². The van der Waals surface area contributed by atoms with Gasteiger partial charge in [0.05, 0.1) is 27.7 Å². The molecule has 4 aromatic rings. The van der Waals surface area contributed by atoms with Crippen LogP contribution < -0.4 is 14.2 Å². The molecule has 13 nitrogen and oxygen atoms in total. The number of carboxylic acid groups (broad SMARTS) is 2. The summed E-state index contributed by atoms with van der Waals surface area (Å²) in [6, 6.07) is 28.9. The number of hydrogen-bond donors (Lipinski definition) is 2. The normalized spacial score (nSPS) is 15.5. The van der Waals surface area contributed by atoms with E-state index >= 15 is 0 Å². The third kappa shape index (κ3) is 16.7. The highest BCUT2D eigenvalue weighted by atomic mass is 16.5. The first-order chi connectivity index (χ1) is 33.6. The summed E-state index contributed by atoms with van der Waals surface area (Å²) in [7, 11) is 1.71. The Labute approximate surface area is 405 Å². The number of benzene rings is 4. The van der Waals surface area contributed by atoms with E-state index in [1.54, 1.807) is 35.1 Å². The molecule has 1 aliphatic carbocycles. The van der Waals surface area contributed by atoms with Gasteiger partial charge in [0.2, 0.25) is 0 Å². The van der Waals surface area contributed by atoms with Gasteiger partial charge < -0.3 is 43.7 Å². The molecule has 0 bridgehead atoms. The van der Waals surface area contributed by atoms with Crippen LogP contribution in [0.15, 0.2) is 97.1 Å². The van der Waals surface area contributed by atoms with Gasteiger partial charge in [0.15, 0.2) is 0 Å². The standard InChI is InChI=1S/C29H39NO6.C26H33NO5/c1-22(2)30(21-24-9-6-7-10-26(24)36-18-8-4-5-11-27(31)32)28(33)23-12-14-25(15-13-23)29(34-3)16-19-35-20-17-29;1-19(2)27(26(30)20-11-13-22(14-12-20)32-23-15-16-23)18-21-8-5-6-9-24(21)31-17-7-3-4-10-25(28)29/h6-7,9-10,12-15,22H,4-5,8,11,16-21H2,1-3H3,(H,31,32);5-6,8-9,11-14,19,23H,3-4,7,10,15-18H2,1-2H3,(H,28,29)/i21D;18D. The maximum atomic E-state index is 13.6. The fourth-order valence-corrected chi connectivity index (χ4v) is 7.68. The van der Waals surface area contributed by atoms with Gasteiger partial charge in [-0.25, -0.2) is 0 Å². The molecule has 68 heavy (non-hydrogen) atoms. The molecule has 1 aliphatic heterocycles. The van der Waals surface area contributed by atoms with E-state index in [4.69, 9.17) is 36.6 Å². The highest BCUT2D eigenvalue weighted by Gasteiger charge is 2.35. The van der Waals surface area contributed by atoms with Crippen LogP contribution in [0.3, 0.4) is 0 Å². The minimum Gasteiger partial charge on any atom is -0.493 e. The largest absolute Gasteiger partial charge is 0.493 e. The van der Waals surface area contributed by atoms with Crippen LogP contribution in [0.4, 0.5) is 0 Å². The number of rotatable bonds is 26. The summed E-state index contributed by atoms with van der Waals surface area (Å²) >= 11 is 0. The van der Waals surface area contributed by atoms with E-state index in [1.165, 1.54) is 0 Å². The molecule has 13 heteroatoms. The maximum absolute atomic E-state index is 13.6. The number of ether oxygens (including phenoxy) is 5. The molecule has 2 N–H and O–H groups in total. The second-order valence-electron chi connectivity index (χ2n) is 17.8. The molecule has 0 radical (unpaired) electrons. The zero-order chi connectivity index (χ0) is 50.6. The first kappa shape index (κ1) is 50.0. The lowest BCUT2D eigenvalue weighted by molar-refractivity contribution is -0.138. The summed E-state index contributed by atoms with van der Waals surface area (Å²) in [5.74, 6) is -0.122. The number of carbonyl (C=O) groups is 4. The SMILES string of the molecule is [2H]C(c1ccccc1OCCCCCC(=O)O)N(C(=O)c1ccc(C2(OC)CCOCC2)cc1)C(C)C.[2H]C(c1ccccc1OCCCCCC(=O)O)N(C(=O)c1ccc(OC2CC2)cc1)C(C)C. The number of amides is 2. The Morgan fingerprint density at radius 2 is 1.09 bits per heavy atom. The van der Waals surface area contributed by atoms with Gasteiger partial charge in [-0.3, -0.25) is 19.2 Å². The summed E-state index contributed by atoms with van der Waals surface area (Å²) in [6.07, 6.45) is 8.46. The molecule has 1 saturated carbocycles. The number of nitrogens with zero attached hydrogens (tertiary/aromatic N) is 2. The monoisotopic (exact) mass is 939 g/mol. The van der Waals surface area contributed by atoms with Crippen molar-refractivity contribution in [3.63, 3.8) is 0 Å². The molecule has 2 unspecified atom stereocenters. The van der Waals surface area contributed by atoms with Crippen molar-refractivity contribution in [2.45, 2.75) is 142 Å². The van der Waals surface area contributed by atoms with Crippen molar-refractivity contribution in [2.24, 2.45) is 0 Å². The van der Waals surface area contributed by atoms with Crippen molar-refractivity contribution < 1.29 is 55.8 Å². The topological polar surface area (TPSA) is 161 Å². The van der Waals surface area contributed by atoms with Gasteiger partial charge in [-0.05, 0) is 133 Å². The zero-order valence-electron chi connectivity index (χ0n) is 42.4. The molecular formula is C55H72N2O11. The Morgan fingerprint density at radius 3 is 1.50 bits per heavy atom. The molecule has 4 aromatic carbocycles. The van der Waals surface area contributed by atoms with Crippen molar-refractivity contribution in [1.82, 2.24) is 9.80 Å². The van der Waals surface area contributed by atoms with Gasteiger partial charge in [0, 0.05) is 93.4 Å². The van der Waals surface area contributed by atoms with E-state index < -0.39 is 30.6 Å². The third-order valence-corrected chi connectivity index (χ3v) is 11.8. The molecule has 6 rings (SSSR count). The van der Waals surface area contributed by atoms with Gasteiger partial charge in [0.1, 0.15) is 17.2 Å². The third-order valence-electron chi connectivity index (χ3n) is 11.8. The van der Waals surface area contributed by atoms with E-state index in [2.05, 4.69) is 0 Å².